The maximum atomic E-state index is 13.7. The van der Waals surface area contributed by atoms with Crippen LogP contribution in [-0.4, -0.2) is 87.3 Å². The second-order valence-corrected chi connectivity index (χ2v) is 11.2. The quantitative estimate of drug-likeness (QED) is 0.368. The number of likely N-dealkylation sites (N-methyl/N-ethyl adjacent to an activating group) is 1. The van der Waals surface area contributed by atoms with Crippen molar-refractivity contribution in [3.05, 3.63) is 69.9 Å². The summed E-state index contributed by atoms with van der Waals surface area (Å²) in [6.45, 7) is 4.31. The molecule has 2 aromatic rings. The minimum atomic E-state index is -1.26. The molecule has 1 fully saturated rings. The lowest BCUT2D eigenvalue weighted by atomic mass is 9.99. The molecule has 1 atom stereocenters. The van der Waals surface area contributed by atoms with Gasteiger partial charge in [-0.15, -0.1) is 11.3 Å². The molecule has 1 aromatic heterocycles. The summed E-state index contributed by atoms with van der Waals surface area (Å²) in [4.78, 5) is 44.2. The molecule has 2 aliphatic heterocycles. The highest BCUT2D eigenvalue weighted by Crippen LogP contribution is 2.48. The first-order valence-corrected chi connectivity index (χ1v) is 13.3. The molecule has 14 heteroatoms. The molecule has 4 N–H and O–H groups in total. The molecule has 1 unspecified atom stereocenters. The third kappa shape index (κ3) is 11.2. The summed E-state index contributed by atoms with van der Waals surface area (Å²) >= 11 is 9.57. The first-order valence-electron chi connectivity index (χ1n) is 11.3. The van der Waals surface area contributed by atoms with Crippen LogP contribution in [-0.2, 0) is 25.6 Å². The number of carboxylic acid groups (broad SMARTS) is 4. The van der Waals surface area contributed by atoms with Gasteiger partial charge in [-0.1, -0.05) is 29.4 Å². The van der Waals surface area contributed by atoms with E-state index in [1.807, 2.05) is 6.07 Å². The second kappa shape index (κ2) is 15.4. The van der Waals surface area contributed by atoms with Gasteiger partial charge in [-0.05, 0) is 42.8 Å². The summed E-state index contributed by atoms with van der Waals surface area (Å²) < 4.78 is 15.7. The Labute approximate surface area is 236 Å². The molecule has 1 aromatic carbocycles. The zero-order chi connectivity index (χ0) is 29.1. The molecule has 0 amide bonds. The summed E-state index contributed by atoms with van der Waals surface area (Å²) in [5, 5.41) is 31.2. The number of rotatable bonds is 5. The van der Waals surface area contributed by atoms with Crippen molar-refractivity contribution in [1.29, 1.82) is 0 Å². The highest BCUT2D eigenvalue weighted by Gasteiger charge is 2.31. The Balaban J connectivity index is 0.000000277. The van der Waals surface area contributed by atoms with Crippen LogP contribution in [0.15, 0.2) is 57.7 Å². The van der Waals surface area contributed by atoms with Gasteiger partial charge in [-0.2, -0.15) is 0 Å². The fraction of sp³-hybridized carbons (Fsp3) is 0.280. The standard InChI is InChI=1S/C17H18ClFN2S2.2C4H4O4/c1-20-4-6-21(7-5-20)14-8-11-2-3-12(19)9-15(11)22-17-13(14)10-16(18)23-17;2*5-3(6)1-2-4(7)8/h2-3,9-10,14H,4-8H2,1H3;2*1-2H,(H,5,6)(H,7,8)/b;2*2-1+. The van der Waals surface area contributed by atoms with E-state index >= 15 is 0 Å². The number of halogens is 2. The van der Waals surface area contributed by atoms with E-state index in [1.54, 1.807) is 35.2 Å². The van der Waals surface area contributed by atoms with Gasteiger partial charge < -0.3 is 25.3 Å². The lowest BCUT2D eigenvalue weighted by Gasteiger charge is -2.38. The van der Waals surface area contributed by atoms with Crippen LogP contribution >= 0.6 is 34.7 Å². The Kier molecular flexibility index (Phi) is 12.6. The predicted molar refractivity (Wildman–Crippen MR) is 144 cm³/mol. The first-order chi connectivity index (χ1) is 18.3. The fourth-order valence-corrected chi connectivity index (χ4v) is 6.46. The van der Waals surface area contributed by atoms with Crippen LogP contribution in [0.1, 0.15) is 17.2 Å². The van der Waals surface area contributed by atoms with Gasteiger partial charge in [0, 0.05) is 61.4 Å². The number of carboxylic acids is 4. The van der Waals surface area contributed by atoms with Crippen LogP contribution in [0.2, 0.25) is 4.34 Å². The van der Waals surface area contributed by atoms with Gasteiger partial charge in [0.25, 0.3) is 0 Å². The van der Waals surface area contributed by atoms with E-state index in [-0.39, 0.29) is 5.82 Å². The van der Waals surface area contributed by atoms with Crippen LogP contribution in [0.25, 0.3) is 0 Å². The number of hydrogen-bond acceptors (Lipinski definition) is 8. The molecule has 1 saturated heterocycles. The van der Waals surface area contributed by atoms with Gasteiger partial charge in [0.05, 0.1) is 8.55 Å². The molecular formula is C25H26ClFN2O8S2. The summed E-state index contributed by atoms with van der Waals surface area (Å²) in [6, 6.07) is 7.62. The molecule has 10 nitrogen and oxygen atoms in total. The van der Waals surface area contributed by atoms with Crippen LogP contribution < -0.4 is 0 Å². The third-order valence-electron chi connectivity index (χ3n) is 5.41. The highest BCUT2D eigenvalue weighted by atomic mass is 35.5. The first kappa shape index (κ1) is 32.0. The molecule has 3 heterocycles. The highest BCUT2D eigenvalue weighted by molar-refractivity contribution is 8.01. The largest absolute Gasteiger partial charge is 0.478 e. The van der Waals surface area contributed by atoms with E-state index in [1.165, 1.54) is 15.3 Å². The Morgan fingerprint density at radius 1 is 0.897 bits per heavy atom. The number of carbonyl (C=O) groups is 4. The van der Waals surface area contributed by atoms with Crippen LogP contribution in [0.5, 0.6) is 0 Å². The lowest BCUT2D eigenvalue weighted by Crippen LogP contribution is -2.46. The zero-order valence-corrected chi connectivity index (χ0v) is 23.0. The SMILES string of the molecule is CN1CCN(C2Cc3ccc(F)cc3Sc3sc(Cl)cc32)CC1.O=C(O)/C=C/C(=O)O.O=C(O)/C=C/C(=O)O. The predicted octanol–water partition coefficient (Wildman–Crippen LogP) is 3.96. The van der Waals surface area contributed by atoms with Crippen molar-refractivity contribution < 1.29 is 44.0 Å². The molecule has 39 heavy (non-hydrogen) atoms. The van der Waals surface area contributed by atoms with Crippen molar-refractivity contribution in [2.75, 3.05) is 33.2 Å². The molecule has 2 aliphatic rings. The number of piperazine rings is 1. The Morgan fingerprint density at radius 3 is 1.90 bits per heavy atom. The molecule has 4 rings (SSSR count). The molecule has 0 radical (unpaired) electrons. The van der Waals surface area contributed by atoms with Gasteiger partial charge in [0.2, 0.25) is 0 Å². The van der Waals surface area contributed by atoms with Crippen molar-refractivity contribution in [3.63, 3.8) is 0 Å². The van der Waals surface area contributed by atoms with Crippen molar-refractivity contribution in [3.8, 4) is 0 Å². The fourth-order valence-electron chi connectivity index (χ4n) is 3.62. The monoisotopic (exact) mass is 600 g/mol. The Bertz CT molecular complexity index is 1190. The molecule has 0 aliphatic carbocycles. The van der Waals surface area contributed by atoms with Crippen molar-refractivity contribution >= 4 is 58.6 Å². The number of benzene rings is 1. The molecule has 0 bridgehead atoms. The third-order valence-corrected chi connectivity index (χ3v) is 8.01. The summed E-state index contributed by atoms with van der Waals surface area (Å²) in [5.41, 5.74) is 2.55. The number of nitrogens with zero attached hydrogens (tertiary/aromatic N) is 2. The van der Waals surface area contributed by atoms with Crippen LogP contribution in [0.3, 0.4) is 0 Å². The number of aliphatic carboxylic acids is 4. The smallest absolute Gasteiger partial charge is 0.328 e. The average Bonchev–Trinajstić information content (AvgIpc) is 3.15. The summed E-state index contributed by atoms with van der Waals surface area (Å²) in [6.07, 6.45) is 3.15. The van der Waals surface area contributed by atoms with Crippen molar-refractivity contribution in [2.24, 2.45) is 0 Å². The Hall–Kier alpha value is -3.23. The van der Waals surface area contributed by atoms with Crippen molar-refractivity contribution in [2.45, 2.75) is 21.6 Å². The molecule has 210 valence electrons. The number of fused-ring (bicyclic) bond motifs is 2. The van der Waals surface area contributed by atoms with Gasteiger partial charge in [0.15, 0.2) is 0 Å². The van der Waals surface area contributed by atoms with Gasteiger partial charge in [0.1, 0.15) is 5.82 Å². The van der Waals surface area contributed by atoms with Gasteiger partial charge in [-0.25, -0.2) is 23.6 Å². The second-order valence-electron chi connectivity index (χ2n) is 8.23. The van der Waals surface area contributed by atoms with E-state index in [9.17, 15) is 23.6 Å². The average molecular weight is 601 g/mol. The van der Waals surface area contributed by atoms with Crippen molar-refractivity contribution in [1.82, 2.24) is 9.80 Å². The normalized spacial score (nSPS) is 17.2. The Morgan fingerprint density at radius 2 is 1.41 bits per heavy atom. The van der Waals surface area contributed by atoms with E-state index in [2.05, 4.69) is 22.9 Å². The van der Waals surface area contributed by atoms with E-state index in [4.69, 9.17) is 32.0 Å². The molecular weight excluding hydrogens is 575 g/mol. The molecule has 0 saturated carbocycles. The minimum Gasteiger partial charge on any atom is -0.478 e. The number of hydrogen-bond donors (Lipinski definition) is 4. The van der Waals surface area contributed by atoms with Gasteiger partial charge in [-0.3, -0.25) is 4.90 Å². The lowest BCUT2D eigenvalue weighted by molar-refractivity contribution is -0.134. The van der Waals surface area contributed by atoms with Crippen LogP contribution in [0.4, 0.5) is 4.39 Å². The van der Waals surface area contributed by atoms with Crippen LogP contribution in [0, 0.1) is 5.82 Å². The summed E-state index contributed by atoms with van der Waals surface area (Å²) in [5.74, 6) is -5.20. The minimum absolute atomic E-state index is 0.168. The maximum Gasteiger partial charge on any atom is 0.328 e. The maximum absolute atomic E-state index is 13.7. The zero-order valence-electron chi connectivity index (χ0n) is 20.6. The van der Waals surface area contributed by atoms with E-state index < -0.39 is 23.9 Å². The van der Waals surface area contributed by atoms with E-state index in [0.717, 1.165) is 41.8 Å². The topological polar surface area (TPSA) is 156 Å². The molecule has 0 spiro atoms. The number of thiophene rings is 1. The van der Waals surface area contributed by atoms with Gasteiger partial charge >= 0.3 is 23.9 Å². The van der Waals surface area contributed by atoms with E-state index in [0.29, 0.717) is 30.3 Å². The summed E-state index contributed by atoms with van der Waals surface area (Å²) in [7, 11) is 2.17.